The number of allylic oxidation sites excluding steroid dienone is 1. The van der Waals surface area contributed by atoms with Crippen LogP contribution in [0.15, 0.2) is 42.6 Å². The van der Waals surface area contributed by atoms with Crippen LogP contribution in [0.2, 0.25) is 0 Å². The topological polar surface area (TPSA) is 0 Å². The lowest BCUT2D eigenvalue weighted by Crippen LogP contribution is -3.00. The van der Waals surface area contributed by atoms with Crippen LogP contribution in [0.25, 0.3) is 0 Å². The van der Waals surface area contributed by atoms with Gasteiger partial charge in [0.1, 0.15) is 0 Å². The molecule has 1 nitrogen and oxygen atoms in total. The fraction of sp³-hybridized carbons (Fsp3) is 0.652. The molecule has 0 heterocycles. The van der Waals surface area contributed by atoms with Crippen molar-refractivity contribution in [2.24, 2.45) is 0 Å². The van der Waals surface area contributed by atoms with Gasteiger partial charge >= 0.3 is 0 Å². The number of hydrogen-bond donors (Lipinski definition) is 0. The van der Waals surface area contributed by atoms with E-state index in [4.69, 9.17) is 0 Å². The molecular formula is C23H40ClN. The molecule has 2 heteroatoms. The molecule has 1 aromatic rings. The summed E-state index contributed by atoms with van der Waals surface area (Å²) in [6.07, 6.45) is 19.9. The van der Waals surface area contributed by atoms with Gasteiger partial charge in [-0.25, -0.2) is 0 Å². The molecule has 0 bridgehead atoms. The van der Waals surface area contributed by atoms with Gasteiger partial charge in [0.05, 0.1) is 26.8 Å². The summed E-state index contributed by atoms with van der Waals surface area (Å²) in [5, 5.41) is 0. The van der Waals surface area contributed by atoms with Gasteiger partial charge < -0.3 is 16.9 Å². The van der Waals surface area contributed by atoms with Crippen LogP contribution in [0.3, 0.4) is 0 Å². The van der Waals surface area contributed by atoms with Gasteiger partial charge in [0, 0.05) is 0 Å². The van der Waals surface area contributed by atoms with Crippen LogP contribution < -0.4 is 12.4 Å². The first kappa shape index (κ1) is 24.2. The van der Waals surface area contributed by atoms with Crippen molar-refractivity contribution < 1.29 is 16.9 Å². The normalized spacial score (nSPS) is 11.6. The van der Waals surface area contributed by atoms with E-state index < -0.39 is 0 Å². The Bertz CT molecular complexity index is 425. The quantitative estimate of drug-likeness (QED) is 0.348. The van der Waals surface area contributed by atoms with Gasteiger partial charge in [0.2, 0.25) is 0 Å². The highest BCUT2D eigenvalue weighted by atomic mass is 35.5. The van der Waals surface area contributed by atoms with Gasteiger partial charge in [-0.15, -0.1) is 0 Å². The van der Waals surface area contributed by atoms with Crippen molar-refractivity contribution in [3.8, 4) is 0 Å². The van der Waals surface area contributed by atoms with Crippen molar-refractivity contribution in [3.05, 3.63) is 48.2 Å². The predicted molar refractivity (Wildman–Crippen MR) is 108 cm³/mol. The summed E-state index contributed by atoms with van der Waals surface area (Å²) in [7, 11) is 4.63. The Morgan fingerprint density at radius 1 is 0.760 bits per heavy atom. The minimum atomic E-state index is 0. The van der Waals surface area contributed by atoms with Crippen molar-refractivity contribution in [2.45, 2.75) is 77.6 Å². The first-order chi connectivity index (χ1) is 11.6. The molecule has 0 aliphatic carbocycles. The minimum absolute atomic E-state index is 0. The van der Waals surface area contributed by atoms with E-state index in [1.807, 2.05) is 0 Å². The number of quaternary nitrogens is 1. The third-order valence-corrected chi connectivity index (χ3v) is 4.79. The maximum absolute atomic E-state index is 2.36. The molecule has 0 radical (unpaired) electrons. The fourth-order valence-electron chi connectivity index (χ4n) is 3.17. The van der Waals surface area contributed by atoms with Gasteiger partial charge in [-0.1, -0.05) is 88.6 Å². The first-order valence-electron chi connectivity index (χ1n) is 10.2. The largest absolute Gasteiger partial charge is 1.00 e. The molecule has 0 aromatic heterocycles. The smallest absolute Gasteiger partial charge is 0.0917 e. The third kappa shape index (κ3) is 14.1. The average Bonchev–Trinajstić information content (AvgIpc) is 2.57. The molecule has 0 aliphatic heterocycles. The standard InChI is InChI=1S/C23H40N.ClH/c1-4-5-6-7-8-9-10-11-12-16-21-24(2,3)22-17-20-23-18-14-13-15-19-23;/h13-15,17-19,22H,4-12,16,20-21H2,1-3H3;1H/q+1;/p-1. The van der Waals surface area contributed by atoms with Gasteiger partial charge in [-0.2, -0.15) is 0 Å². The van der Waals surface area contributed by atoms with Crippen LogP contribution >= 0.6 is 0 Å². The second kappa shape index (κ2) is 15.5. The fourth-order valence-corrected chi connectivity index (χ4v) is 3.17. The zero-order valence-corrected chi connectivity index (χ0v) is 17.6. The lowest BCUT2D eigenvalue weighted by Gasteiger charge is -2.25. The summed E-state index contributed by atoms with van der Waals surface area (Å²) in [5.41, 5.74) is 1.40. The van der Waals surface area contributed by atoms with Crippen molar-refractivity contribution in [1.29, 1.82) is 0 Å². The van der Waals surface area contributed by atoms with Crippen LogP contribution in [0.5, 0.6) is 0 Å². The van der Waals surface area contributed by atoms with Gasteiger partial charge in [0.25, 0.3) is 0 Å². The highest BCUT2D eigenvalue weighted by Crippen LogP contribution is 2.12. The van der Waals surface area contributed by atoms with Crippen molar-refractivity contribution >= 4 is 0 Å². The highest BCUT2D eigenvalue weighted by molar-refractivity contribution is 5.17. The summed E-state index contributed by atoms with van der Waals surface area (Å²) >= 11 is 0. The van der Waals surface area contributed by atoms with Gasteiger partial charge in [0.15, 0.2) is 0 Å². The van der Waals surface area contributed by atoms with E-state index in [9.17, 15) is 0 Å². The molecule has 0 fully saturated rings. The second-order valence-corrected chi connectivity index (χ2v) is 7.76. The maximum Gasteiger partial charge on any atom is 0.0917 e. The summed E-state index contributed by atoms with van der Waals surface area (Å²) in [5.74, 6) is 0. The molecule has 0 spiro atoms. The summed E-state index contributed by atoms with van der Waals surface area (Å²) < 4.78 is 1.00. The molecular weight excluding hydrogens is 326 g/mol. The molecule has 0 saturated heterocycles. The molecule has 0 N–H and O–H groups in total. The molecule has 0 unspecified atom stereocenters. The Labute approximate surface area is 163 Å². The highest BCUT2D eigenvalue weighted by Gasteiger charge is 2.09. The lowest BCUT2D eigenvalue weighted by molar-refractivity contribution is -0.839. The Balaban J connectivity index is 0.00000576. The number of halogens is 1. The maximum atomic E-state index is 2.36. The van der Waals surface area contributed by atoms with Gasteiger partial charge in [-0.05, 0) is 30.9 Å². The number of nitrogens with zero attached hydrogens (tertiary/aromatic N) is 1. The van der Waals surface area contributed by atoms with E-state index in [0.29, 0.717) is 0 Å². The predicted octanol–water partition coefficient (Wildman–Crippen LogP) is 3.74. The number of rotatable bonds is 14. The Morgan fingerprint density at radius 3 is 1.84 bits per heavy atom. The van der Waals surface area contributed by atoms with Crippen LogP contribution in [-0.2, 0) is 6.42 Å². The van der Waals surface area contributed by atoms with Crippen LogP contribution in [0.1, 0.15) is 76.7 Å². The Kier molecular flexibility index (Phi) is 15.0. The molecule has 1 aromatic carbocycles. The number of unbranched alkanes of at least 4 members (excludes halogenated alkanes) is 9. The third-order valence-electron chi connectivity index (χ3n) is 4.79. The second-order valence-electron chi connectivity index (χ2n) is 7.76. The van der Waals surface area contributed by atoms with Crippen LogP contribution in [0, 0.1) is 0 Å². The Morgan fingerprint density at radius 2 is 1.28 bits per heavy atom. The monoisotopic (exact) mass is 365 g/mol. The van der Waals surface area contributed by atoms with Crippen molar-refractivity contribution in [3.63, 3.8) is 0 Å². The molecule has 0 aliphatic rings. The van der Waals surface area contributed by atoms with E-state index >= 15 is 0 Å². The van der Waals surface area contributed by atoms with E-state index in [1.54, 1.807) is 0 Å². The number of hydrogen-bond acceptors (Lipinski definition) is 0. The zero-order chi connectivity index (χ0) is 17.5. The van der Waals surface area contributed by atoms with Crippen LogP contribution in [-0.4, -0.2) is 25.1 Å². The minimum Gasteiger partial charge on any atom is -1.00 e. The molecule has 0 saturated carbocycles. The summed E-state index contributed by atoms with van der Waals surface area (Å²) in [6.45, 7) is 3.54. The van der Waals surface area contributed by atoms with E-state index in [0.717, 1.165) is 10.9 Å². The SMILES string of the molecule is CCCCCCCCCCCC[N+](C)(C)C=CCc1ccccc1.[Cl-]. The van der Waals surface area contributed by atoms with E-state index in [2.05, 4.69) is 63.6 Å². The first-order valence-corrected chi connectivity index (χ1v) is 10.2. The molecule has 1 rings (SSSR count). The molecule has 25 heavy (non-hydrogen) atoms. The van der Waals surface area contributed by atoms with Crippen LogP contribution in [0.4, 0.5) is 0 Å². The molecule has 144 valence electrons. The van der Waals surface area contributed by atoms with Crippen molar-refractivity contribution in [1.82, 2.24) is 0 Å². The molecule has 0 atom stereocenters. The summed E-state index contributed by atoms with van der Waals surface area (Å²) in [4.78, 5) is 0. The van der Waals surface area contributed by atoms with Crippen molar-refractivity contribution in [2.75, 3.05) is 20.6 Å². The summed E-state index contributed by atoms with van der Waals surface area (Å²) in [6, 6.07) is 10.7. The lowest BCUT2D eigenvalue weighted by atomic mass is 10.1. The van der Waals surface area contributed by atoms with E-state index in [1.165, 1.54) is 76.3 Å². The van der Waals surface area contributed by atoms with Gasteiger partial charge in [-0.3, -0.25) is 0 Å². The van der Waals surface area contributed by atoms with E-state index in [-0.39, 0.29) is 12.4 Å². The number of benzene rings is 1. The molecule has 0 amide bonds. The Hall–Kier alpha value is -0.790. The average molecular weight is 366 g/mol. The zero-order valence-electron chi connectivity index (χ0n) is 16.9.